The van der Waals surface area contributed by atoms with E-state index >= 15 is 0 Å². The Morgan fingerprint density at radius 3 is 2.54 bits per heavy atom. The number of anilines is 1. The van der Waals surface area contributed by atoms with Crippen LogP contribution >= 0.6 is 46.6 Å². The van der Waals surface area contributed by atoms with Crippen LogP contribution in [0.25, 0.3) is 0 Å². The van der Waals surface area contributed by atoms with Crippen LogP contribution in [0.15, 0.2) is 44.5 Å². The molecule has 0 unspecified atom stereocenters. The van der Waals surface area contributed by atoms with E-state index in [0.717, 1.165) is 21.8 Å². The van der Waals surface area contributed by atoms with Gasteiger partial charge in [0.1, 0.15) is 22.8 Å². The first-order valence-corrected chi connectivity index (χ1v) is 17.1. The number of halogens is 3. The molecule has 0 saturated carbocycles. The number of nitrogen functional groups attached to an aromatic ring is 1. The molecule has 0 aliphatic carbocycles. The van der Waals surface area contributed by atoms with E-state index in [2.05, 4.69) is 31.1 Å². The molecule has 260 valence electrons. The van der Waals surface area contributed by atoms with Crippen molar-refractivity contribution in [3.05, 3.63) is 45.7 Å². The molecule has 2 aromatic heterocycles. The van der Waals surface area contributed by atoms with E-state index in [1.165, 1.54) is 33.8 Å². The zero-order valence-electron chi connectivity index (χ0n) is 24.5. The maximum Gasteiger partial charge on any atom is 0.490 e. The van der Waals surface area contributed by atoms with E-state index in [9.17, 15) is 42.7 Å². The summed E-state index contributed by atoms with van der Waals surface area (Å²) in [6.07, 6.45) is -1.75. The zero-order valence-corrected chi connectivity index (χ0v) is 27.8. The van der Waals surface area contributed by atoms with Gasteiger partial charge in [0.15, 0.2) is 10.8 Å². The number of alkyl halides is 3. The number of carboxylic acids is 2. The zero-order chi connectivity index (χ0) is 35.6. The van der Waals surface area contributed by atoms with E-state index in [1.54, 1.807) is 37.3 Å². The third-order valence-electron chi connectivity index (χ3n) is 6.00. The first-order chi connectivity index (χ1) is 22.7. The second kappa shape index (κ2) is 17.4. The molecule has 23 heteroatoms. The Bertz CT molecular complexity index is 1610. The Balaban J connectivity index is 0.000000804. The number of nitrogens with one attached hydrogen (secondary N) is 3. The fourth-order valence-electron chi connectivity index (χ4n) is 3.91. The molecule has 4 heterocycles. The number of fused-ring (bicyclic) bond motifs is 1. The van der Waals surface area contributed by atoms with Gasteiger partial charge in [0.25, 0.3) is 11.8 Å². The molecule has 8 N–H and O–H groups in total. The minimum atomic E-state index is -5.08. The number of pyridine rings is 1. The van der Waals surface area contributed by atoms with Crippen LogP contribution in [0.3, 0.4) is 0 Å². The molecule has 0 aromatic carbocycles. The number of rotatable bonds is 13. The summed E-state index contributed by atoms with van der Waals surface area (Å²) in [5.41, 5.74) is 6.00. The van der Waals surface area contributed by atoms with Crippen molar-refractivity contribution in [2.45, 2.75) is 28.2 Å². The van der Waals surface area contributed by atoms with Crippen molar-refractivity contribution in [3.8, 4) is 0 Å². The molecule has 1 saturated heterocycles. The average molecular weight is 753 g/mol. The largest absolute Gasteiger partial charge is 0.490 e. The van der Waals surface area contributed by atoms with Crippen LogP contribution < -0.4 is 21.7 Å². The Hall–Kier alpha value is -4.06. The van der Waals surface area contributed by atoms with Crippen molar-refractivity contribution in [1.29, 1.82) is 0 Å². The number of likely N-dealkylation sites (N-methyl/N-ethyl adjacent to an activating group) is 1. The molecule has 16 nitrogen and oxygen atoms in total. The lowest BCUT2D eigenvalue weighted by molar-refractivity contribution is -0.192. The molecular formula is C25H27F3N8O8S4. The van der Waals surface area contributed by atoms with Crippen molar-refractivity contribution in [2.75, 3.05) is 37.4 Å². The van der Waals surface area contributed by atoms with Crippen LogP contribution in [-0.4, -0.2) is 115 Å². The fraction of sp³-hybridized carbons (Fsp3) is 0.360. The van der Waals surface area contributed by atoms with Crippen LogP contribution in [0, 0.1) is 0 Å². The van der Waals surface area contributed by atoms with Crippen molar-refractivity contribution in [1.82, 2.24) is 30.8 Å². The fourth-order valence-corrected chi connectivity index (χ4v) is 7.96. The van der Waals surface area contributed by atoms with E-state index in [0.29, 0.717) is 28.7 Å². The molecule has 0 bridgehead atoms. The maximum absolute atomic E-state index is 13.1. The third-order valence-corrected chi connectivity index (χ3v) is 10.3. The second-order valence-electron chi connectivity index (χ2n) is 9.28. The summed E-state index contributed by atoms with van der Waals surface area (Å²) in [5.74, 6) is -3.95. The summed E-state index contributed by atoms with van der Waals surface area (Å²) in [5, 5.41) is 38.6. The Morgan fingerprint density at radius 1 is 1.25 bits per heavy atom. The van der Waals surface area contributed by atoms with Crippen molar-refractivity contribution in [3.63, 3.8) is 0 Å². The lowest BCUT2D eigenvalue weighted by Crippen LogP contribution is -2.71. The maximum atomic E-state index is 13.1. The van der Waals surface area contributed by atoms with E-state index in [1.807, 2.05) is 0 Å². The number of nitrogens with two attached hydrogens (primary N) is 1. The minimum absolute atomic E-state index is 0.0575. The summed E-state index contributed by atoms with van der Waals surface area (Å²) >= 11 is 5.24. The van der Waals surface area contributed by atoms with Gasteiger partial charge in [-0.25, -0.2) is 14.6 Å². The van der Waals surface area contributed by atoms with Gasteiger partial charge >= 0.3 is 18.1 Å². The summed E-state index contributed by atoms with van der Waals surface area (Å²) in [6.45, 7) is 0.763. The first kappa shape index (κ1) is 38.4. The number of carbonyl (C=O) groups is 5. The number of nitrogens with zero attached hydrogens (tertiary/aromatic N) is 4. The third kappa shape index (κ3) is 9.98. The van der Waals surface area contributed by atoms with Gasteiger partial charge < -0.3 is 37.1 Å². The molecule has 2 aliphatic rings. The molecule has 2 aliphatic heterocycles. The molecule has 0 spiro atoms. The summed E-state index contributed by atoms with van der Waals surface area (Å²) in [4.78, 5) is 69.1. The number of aliphatic carboxylic acids is 2. The number of β-lactam (4-membered cyclic amide) rings is 1. The number of oxime groups is 1. The molecule has 2 aromatic rings. The number of carboxylic acid groups (broad SMARTS) is 2. The number of hydrogen-bond acceptors (Lipinski definition) is 15. The Labute approximate surface area is 286 Å². The van der Waals surface area contributed by atoms with Crippen LogP contribution in [0.2, 0.25) is 0 Å². The topological polar surface area (TPSA) is 250 Å². The van der Waals surface area contributed by atoms with Gasteiger partial charge in [-0.15, -0.1) is 23.1 Å². The molecule has 0 radical (unpaired) electrons. The van der Waals surface area contributed by atoms with Crippen LogP contribution in [0.5, 0.6) is 0 Å². The van der Waals surface area contributed by atoms with Gasteiger partial charge in [-0.3, -0.25) is 24.3 Å². The molecule has 3 amide bonds. The minimum Gasteiger partial charge on any atom is -0.477 e. The van der Waals surface area contributed by atoms with Gasteiger partial charge in [-0.05, 0) is 18.7 Å². The molecule has 1 fully saturated rings. The predicted molar refractivity (Wildman–Crippen MR) is 171 cm³/mol. The summed E-state index contributed by atoms with van der Waals surface area (Å²) in [7, 11) is 1.70. The van der Waals surface area contributed by atoms with Crippen molar-refractivity contribution < 1.29 is 52.6 Å². The highest BCUT2D eigenvalue weighted by molar-refractivity contribution is 8.06. The van der Waals surface area contributed by atoms with Gasteiger partial charge in [0.2, 0.25) is 5.91 Å². The lowest BCUT2D eigenvalue weighted by atomic mass is 10.0. The Kier molecular flexibility index (Phi) is 13.9. The monoisotopic (exact) mass is 752 g/mol. The van der Waals surface area contributed by atoms with E-state index in [-0.39, 0.29) is 29.0 Å². The highest BCUT2D eigenvalue weighted by atomic mass is 32.2. The summed E-state index contributed by atoms with van der Waals surface area (Å²) in [6, 6.07) is 0.781. The van der Waals surface area contributed by atoms with Crippen molar-refractivity contribution >= 4 is 87.1 Å². The SMILES string of the molecule is CNCC(=O)NCCSCc1cnccc1SC1=C(C(=O)O)N2C(=O)[C@@H](NC(=O)/C(=N\O)c3csc(N)n3)[C@H]2SC1.O=C(O)C(F)(F)F. The van der Waals surface area contributed by atoms with Gasteiger partial charge in [-0.1, -0.05) is 16.9 Å². The normalized spacial score (nSPS) is 17.5. The molecular weight excluding hydrogens is 726 g/mol. The van der Waals surface area contributed by atoms with Crippen LogP contribution in [0.4, 0.5) is 18.3 Å². The highest BCUT2D eigenvalue weighted by Crippen LogP contribution is 2.45. The lowest BCUT2D eigenvalue weighted by Gasteiger charge is -2.49. The highest BCUT2D eigenvalue weighted by Gasteiger charge is 2.54. The molecule has 2 atom stereocenters. The van der Waals surface area contributed by atoms with E-state index in [4.69, 9.17) is 15.6 Å². The number of hydrogen-bond donors (Lipinski definition) is 7. The van der Waals surface area contributed by atoms with Crippen molar-refractivity contribution in [2.24, 2.45) is 5.16 Å². The standard InChI is InChI=1S/C23H26N8O6S4.C2HF3O2/c1-25-7-15(32)27-4-5-38-8-11-6-26-3-2-13(11)41-14-10-39-21-17(20(34)31(21)18(14)22(35)36)29-19(33)16(30-37)12-9-40-23(24)28-12;3-2(4,5)1(6)7/h2-3,6,9,17,21,25,37H,4-5,7-8,10H2,1H3,(H2,24,28)(H,27,32)(H,29,33)(H,35,36);(H,6,7)/b30-16-;/t17-,21-;/m1./s1. The van der Waals surface area contributed by atoms with Gasteiger partial charge in [-0.2, -0.15) is 24.9 Å². The molecule has 48 heavy (non-hydrogen) atoms. The van der Waals surface area contributed by atoms with Crippen LogP contribution in [0.1, 0.15) is 11.3 Å². The van der Waals surface area contributed by atoms with Gasteiger partial charge in [0, 0.05) is 51.4 Å². The number of thioether (sulfide) groups is 3. The number of amides is 3. The first-order valence-electron chi connectivity index (χ1n) is 13.2. The average Bonchev–Trinajstić information content (AvgIpc) is 3.45. The van der Waals surface area contributed by atoms with Crippen LogP contribution in [-0.2, 0) is 29.7 Å². The quantitative estimate of drug-likeness (QED) is 0.0496. The number of thiazole rings is 1. The molecule has 4 rings (SSSR count). The van der Waals surface area contributed by atoms with E-state index < -0.39 is 47.1 Å². The smallest absolute Gasteiger partial charge is 0.477 e. The Morgan fingerprint density at radius 2 is 1.96 bits per heavy atom. The predicted octanol–water partition coefficient (Wildman–Crippen LogP) is 0.989. The summed E-state index contributed by atoms with van der Waals surface area (Å²) < 4.78 is 31.7. The number of carbonyl (C=O) groups excluding carboxylic acids is 3. The van der Waals surface area contributed by atoms with Gasteiger partial charge in [0.05, 0.1) is 6.54 Å². The number of aromatic nitrogens is 2. The second-order valence-corrected chi connectivity index (χ2v) is 13.5.